The molecule has 1 N–H and O–H groups in total. The summed E-state index contributed by atoms with van der Waals surface area (Å²) in [7, 11) is 1.95. The highest BCUT2D eigenvalue weighted by molar-refractivity contribution is 5.89. The number of pyridine rings is 2. The van der Waals surface area contributed by atoms with E-state index in [9.17, 15) is 0 Å². The van der Waals surface area contributed by atoms with Gasteiger partial charge in [0.25, 0.3) is 0 Å². The van der Waals surface area contributed by atoms with Gasteiger partial charge in [-0.25, -0.2) is 9.97 Å². The molecular formula is C29H34N8. The molecule has 0 spiro atoms. The predicted molar refractivity (Wildman–Crippen MR) is 148 cm³/mol. The maximum absolute atomic E-state index is 4.80. The largest absolute Gasteiger partial charge is 0.368 e. The molecule has 0 bridgehead atoms. The Kier molecular flexibility index (Phi) is 5.50. The average molecular weight is 495 g/mol. The number of hydrogen-bond acceptors (Lipinski definition) is 7. The lowest BCUT2D eigenvalue weighted by atomic mass is 9.90. The van der Waals surface area contributed by atoms with Gasteiger partial charge in [0.1, 0.15) is 5.82 Å². The molecule has 8 nitrogen and oxygen atoms in total. The van der Waals surface area contributed by atoms with E-state index in [1.165, 1.54) is 33.6 Å². The predicted octanol–water partition coefficient (Wildman–Crippen LogP) is 3.46. The van der Waals surface area contributed by atoms with Crippen LogP contribution < -0.4 is 20.0 Å². The van der Waals surface area contributed by atoms with Crippen LogP contribution in [0.3, 0.4) is 0 Å². The van der Waals surface area contributed by atoms with Crippen molar-refractivity contribution in [3.05, 3.63) is 71.2 Å². The summed E-state index contributed by atoms with van der Waals surface area (Å²) in [6, 6.07) is 11.5. The van der Waals surface area contributed by atoms with Crippen molar-refractivity contribution in [2.45, 2.75) is 32.4 Å². The van der Waals surface area contributed by atoms with Crippen LogP contribution in [0.5, 0.6) is 0 Å². The van der Waals surface area contributed by atoms with Gasteiger partial charge in [-0.1, -0.05) is 13.0 Å². The highest BCUT2D eigenvalue weighted by atomic mass is 15.3. The second-order valence-corrected chi connectivity index (χ2v) is 10.7. The zero-order valence-corrected chi connectivity index (χ0v) is 21.7. The van der Waals surface area contributed by atoms with Crippen molar-refractivity contribution in [1.82, 2.24) is 25.1 Å². The molecular weight excluding hydrogens is 460 g/mol. The summed E-state index contributed by atoms with van der Waals surface area (Å²) in [5.74, 6) is 1.58. The first kappa shape index (κ1) is 22.5. The van der Waals surface area contributed by atoms with E-state index in [0.717, 1.165) is 75.6 Å². The zero-order chi connectivity index (χ0) is 24.9. The van der Waals surface area contributed by atoms with Crippen molar-refractivity contribution < 1.29 is 0 Å². The first-order valence-corrected chi connectivity index (χ1v) is 13.5. The third-order valence-corrected chi connectivity index (χ3v) is 8.39. The van der Waals surface area contributed by atoms with Crippen molar-refractivity contribution in [2.75, 3.05) is 54.0 Å². The van der Waals surface area contributed by atoms with Gasteiger partial charge in [-0.05, 0) is 65.4 Å². The molecule has 1 aromatic carbocycles. The molecule has 0 unspecified atom stereocenters. The molecule has 1 atom stereocenters. The van der Waals surface area contributed by atoms with Crippen LogP contribution in [-0.2, 0) is 26.6 Å². The first-order valence-electron chi connectivity index (χ1n) is 13.5. The lowest BCUT2D eigenvalue weighted by Crippen LogP contribution is -2.47. The van der Waals surface area contributed by atoms with Crippen LogP contribution in [0.1, 0.15) is 35.1 Å². The van der Waals surface area contributed by atoms with Crippen LogP contribution in [0.4, 0.5) is 17.2 Å². The van der Waals surface area contributed by atoms with Crippen LogP contribution in [-0.4, -0.2) is 59.0 Å². The average Bonchev–Trinajstić information content (AvgIpc) is 3.33. The minimum Gasteiger partial charge on any atom is -0.368 e. The van der Waals surface area contributed by atoms with Gasteiger partial charge in [-0.2, -0.15) is 5.10 Å². The van der Waals surface area contributed by atoms with Crippen LogP contribution in [0.2, 0.25) is 0 Å². The number of rotatable bonds is 3. The molecule has 0 aliphatic carbocycles. The SMILES string of the molecule is C[C@H]1CN(c2ccnc3c2cnn3C)Cc2ccc(N3CCN(c4cc5c(cn4)CCNC5)CC3)cc21. The number of benzene rings is 1. The van der Waals surface area contributed by atoms with E-state index in [1.807, 2.05) is 24.1 Å². The Morgan fingerprint density at radius 1 is 0.892 bits per heavy atom. The molecule has 7 rings (SSSR count). The molecule has 0 saturated carbocycles. The Hall–Kier alpha value is -3.65. The number of hydrogen-bond donors (Lipinski definition) is 1. The van der Waals surface area contributed by atoms with E-state index in [0.29, 0.717) is 5.92 Å². The second-order valence-electron chi connectivity index (χ2n) is 10.7. The molecule has 3 aromatic heterocycles. The Bertz CT molecular complexity index is 1450. The third kappa shape index (κ3) is 4.00. The molecule has 1 fully saturated rings. The summed E-state index contributed by atoms with van der Waals surface area (Å²) in [6.07, 6.45) is 7.02. The Balaban J connectivity index is 1.06. The minimum absolute atomic E-state index is 0.457. The summed E-state index contributed by atoms with van der Waals surface area (Å²) in [5, 5.41) is 9.04. The van der Waals surface area contributed by atoms with E-state index in [1.54, 1.807) is 0 Å². The summed E-state index contributed by atoms with van der Waals surface area (Å²) in [5.41, 5.74) is 9.22. The number of aryl methyl sites for hydroxylation is 1. The standard InChI is InChI=1S/C29H34N8/c1-20-18-37(27-6-8-31-29-26(27)17-33-34(29)2)19-22-3-4-24(14-25(20)22)35-9-11-36(12-10-35)28-13-23-15-30-7-5-21(23)16-32-28/h3-4,6,8,13-14,16-17,20,30H,5,7,9-12,15,18-19H2,1-2H3/t20-/m0/s1. The molecule has 37 heavy (non-hydrogen) atoms. The van der Waals surface area contributed by atoms with E-state index in [-0.39, 0.29) is 0 Å². The molecule has 6 heterocycles. The van der Waals surface area contributed by atoms with Gasteiger partial charge in [-0.3, -0.25) is 4.68 Å². The van der Waals surface area contributed by atoms with Crippen molar-refractivity contribution >= 4 is 28.2 Å². The zero-order valence-electron chi connectivity index (χ0n) is 21.7. The van der Waals surface area contributed by atoms with Crippen molar-refractivity contribution in [1.29, 1.82) is 0 Å². The van der Waals surface area contributed by atoms with Crippen LogP contribution in [0.15, 0.2) is 48.9 Å². The Morgan fingerprint density at radius 3 is 2.65 bits per heavy atom. The Morgan fingerprint density at radius 2 is 1.76 bits per heavy atom. The summed E-state index contributed by atoms with van der Waals surface area (Å²) in [6.45, 7) is 10.3. The van der Waals surface area contributed by atoms with Gasteiger partial charge in [-0.15, -0.1) is 0 Å². The molecule has 0 amide bonds. The van der Waals surface area contributed by atoms with Crippen molar-refractivity contribution in [2.24, 2.45) is 7.05 Å². The lowest BCUT2D eigenvalue weighted by molar-refractivity contribution is 0.626. The van der Waals surface area contributed by atoms with E-state index < -0.39 is 0 Å². The number of anilines is 3. The lowest BCUT2D eigenvalue weighted by Gasteiger charge is -2.39. The van der Waals surface area contributed by atoms with E-state index in [2.05, 4.69) is 73.6 Å². The fourth-order valence-electron chi connectivity index (χ4n) is 6.29. The third-order valence-electron chi connectivity index (χ3n) is 8.39. The second kappa shape index (κ2) is 9.03. The van der Waals surface area contributed by atoms with Crippen LogP contribution in [0.25, 0.3) is 11.0 Å². The fraction of sp³-hybridized carbons (Fsp3) is 0.414. The molecule has 3 aliphatic heterocycles. The van der Waals surface area contributed by atoms with Gasteiger partial charge in [0.05, 0.1) is 17.3 Å². The first-order chi connectivity index (χ1) is 18.1. The summed E-state index contributed by atoms with van der Waals surface area (Å²) in [4.78, 5) is 16.8. The topological polar surface area (TPSA) is 65.4 Å². The number of nitrogens with one attached hydrogen (secondary N) is 1. The molecule has 4 aromatic rings. The van der Waals surface area contributed by atoms with E-state index >= 15 is 0 Å². The number of piperazine rings is 1. The Labute approximate surface area is 217 Å². The van der Waals surface area contributed by atoms with Gasteiger partial charge < -0.3 is 20.0 Å². The maximum Gasteiger partial charge on any atom is 0.159 e. The van der Waals surface area contributed by atoms with Crippen LogP contribution in [0, 0.1) is 0 Å². The minimum atomic E-state index is 0.457. The van der Waals surface area contributed by atoms with Crippen LogP contribution >= 0.6 is 0 Å². The monoisotopic (exact) mass is 494 g/mol. The highest BCUT2D eigenvalue weighted by Gasteiger charge is 2.26. The molecule has 0 radical (unpaired) electrons. The van der Waals surface area contributed by atoms with E-state index in [4.69, 9.17) is 4.98 Å². The number of fused-ring (bicyclic) bond motifs is 3. The van der Waals surface area contributed by atoms with Gasteiger partial charge in [0, 0.05) is 70.9 Å². The number of nitrogens with zero attached hydrogens (tertiary/aromatic N) is 7. The summed E-state index contributed by atoms with van der Waals surface area (Å²) < 4.78 is 1.85. The van der Waals surface area contributed by atoms with Crippen molar-refractivity contribution in [3.8, 4) is 0 Å². The molecule has 8 heteroatoms. The highest BCUT2D eigenvalue weighted by Crippen LogP contribution is 2.36. The summed E-state index contributed by atoms with van der Waals surface area (Å²) >= 11 is 0. The molecule has 190 valence electrons. The van der Waals surface area contributed by atoms with Gasteiger partial charge in [0.15, 0.2) is 5.65 Å². The van der Waals surface area contributed by atoms with Gasteiger partial charge >= 0.3 is 0 Å². The quantitative estimate of drug-likeness (QED) is 0.468. The van der Waals surface area contributed by atoms with Crippen molar-refractivity contribution in [3.63, 3.8) is 0 Å². The number of aromatic nitrogens is 4. The van der Waals surface area contributed by atoms with Gasteiger partial charge in [0.2, 0.25) is 0 Å². The smallest absolute Gasteiger partial charge is 0.159 e. The maximum atomic E-state index is 4.80. The normalized spacial score (nSPS) is 19.7. The molecule has 1 saturated heterocycles. The molecule has 3 aliphatic rings. The fourth-order valence-corrected chi connectivity index (χ4v) is 6.29.